The lowest BCUT2D eigenvalue weighted by molar-refractivity contribution is 0.415. The van der Waals surface area contributed by atoms with Crippen molar-refractivity contribution < 1.29 is 4.74 Å². The summed E-state index contributed by atoms with van der Waals surface area (Å²) in [5, 5.41) is 1.14. The first-order valence-corrected chi connectivity index (χ1v) is 9.61. The van der Waals surface area contributed by atoms with Crippen LogP contribution < -0.4 is 4.74 Å². The number of hydrogen-bond acceptors (Lipinski definition) is 2. The molecular weight excluding hydrogens is 356 g/mol. The summed E-state index contributed by atoms with van der Waals surface area (Å²) in [5.41, 5.74) is 5.71. The Hall–Kier alpha value is -3.85. The third-order valence-electron chi connectivity index (χ3n) is 5.16. The van der Waals surface area contributed by atoms with Gasteiger partial charge in [0.15, 0.2) is 0 Å². The van der Waals surface area contributed by atoms with Crippen LogP contribution >= 0.6 is 0 Å². The van der Waals surface area contributed by atoms with Crippen molar-refractivity contribution in [2.45, 2.75) is 0 Å². The van der Waals surface area contributed by atoms with Gasteiger partial charge in [-0.25, -0.2) is 4.98 Å². The van der Waals surface area contributed by atoms with Crippen molar-refractivity contribution in [3.8, 4) is 34.0 Å². The molecule has 0 unspecified atom stereocenters. The smallest absolute Gasteiger partial charge is 0.137 e. The van der Waals surface area contributed by atoms with E-state index in [0.717, 1.165) is 33.7 Å². The summed E-state index contributed by atoms with van der Waals surface area (Å²) >= 11 is 0. The van der Waals surface area contributed by atoms with Gasteiger partial charge in [-0.3, -0.25) is 4.57 Å². The summed E-state index contributed by atoms with van der Waals surface area (Å²) in [6.07, 6.45) is 1.83. The number of ether oxygens (including phenoxy) is 1. The van der Waals surface area contributed by atoms with Crippen LogP contribution in [0.1, 0.15) is 0 Å². The molecule has 140 valence electrons. The Balaban J connectivity index is 1.97. The Morgan fingerprint density at radius 1 is 0.724 bits per heavy atom. The molecule has 3 heteroatoms. The van der Waals surface area contributed by atoms with Gasteiger partial charge in [-0.05, 0) is 41.5 Å². The van der Waals surface area contributed by atoms with Gasteiger partial charge in [-0.2, -0.15) is 0 Å². The van der Waals surface area contributed by atoms with Gasteiger partial charge in [0.25, 0.3) is 0 Å². The summed E-state index contributed by atoms with van der Waals surface area (Å²) in [7, 11) is 1.71. The van der Waals surface area contributed by atoms with Crippen LogP contribution in [0.3, 0.4) is 0 Å². The highest BCUT2D eigenvalue weighted by atomic mass is 16.5. The molecule has 0 aliphatic heterocycles. The van der Waals surface area contributed by atoms with E-state index in [1.807, 2.05) is 42.6 Å². The molecule has 29 heavy (non-hydrogen) atoms. The van der Waals surface area contributed by atoms with Gasteiger partial charge >= 0.3 is 0 Å². The Labute approximate surface area is 169 Å². The van der Waals surface area contributed by atoms with Gasteiger partial charge < -0.3 is 4.74 Å². The second-order valence-corrected chi connectivity index (χ2v) is 6.86. The van der Waals surface area contributed by atoms with Crippen molar-refractivity contribution in [1.82, 2.24) is 9.55 Å². The van der Waals surface area contributed by atoms with Gasteiger partial charge in [-0.1, -0.05) is 66.7 Å². The molecule has 0 aliphatic carbocycles. The third-order valence-corrected chi connectivity index (χ3v) is 5.16. The van der Waals surface area contributed by atoms with Crippen molar-refractivity contribution in [3.63, 3.8) is 0 Å². The Morgan fingerprint density at radius 3 is 2.07 bits per heavy atom. The highest BCUT2D eigenvalue weighted by Crippen LogP contribution is 2.43. The number of hydrogen-bond donors (Lipinski definition) is 0. The molecule has 0 N–H and O–H groups in total. The van der Waals surface area contributed by atoms with Crippen LogP contribution in [0.5, 0.6) is 5.75 Å². The minimum absolute atomic E-state index is 0.840. The molecule has 0 spiro atoms. The molecule has 0 bridgehead atoms. The molecular formula is C26H20N2O. The minimum Gasteiger partial charge on any atom is -0.497 e. The molecule has 2 aromatic heterocycles. The predicted molar refractivity (Wildman–Crippen MR) is 118 cm³/mol. The fraction of sp³-hybridized carbons (Fsp3) is 0.0385. The van der Waals surface area contributed by atoms with E-state index in [4.69, 9.17) is 4.74 Å². The van der Waals surface area contributed by atoms with E-state index in [1.54, 1.807) is 7.11 Å². The average molecular weight is 376 g/mol. The first-order valence-electron chi connectivity index (χ1n) is 9.61. The summed E-state index contributed by atoms with van der Waals surface area (Å²) in [6.45, 7) is 0. The standard InChI is InChI=1S/C26H20N2O/c1-29-21-15-16-23-22(18-21)25(19-10-4-2-5-11-19)26(20-12-6-3-7-13-20)28(23)24-14-8-9-17-27-24/h2-18H,1H3. The molecule has 0 atom stereocenters. The molecule has 2 heterocycles. The molecule has 0 saturated carbocycles. The first kappa shape index (κ1) is 17.3. The highest BCUT2D eigenvalue weighted by Gasteiger charge is 2.21. The van der Waals surface area contributed by atoms with Crippen LogP contribution in [-0.2, 0) is 0 Å². The van der Waals surface area contributed by atoms with Crippen molar-refractivity contribution in [2.24, 2.45) is 0 Å². The van der Waals surface area contributed by atoms with E-state index in [2.05, 4.69) is 70.2 Å². The van der Waals surface area contributed by atoms with Crippen molar-refractivity contribution in [3.05, 3.63) is 103 Å². The van der Waals surface area contributed by atoms with E-state index in [1.165, 1.54) is 11.1 Å². The Bertz CT molecular complexity index is 1260. The lowest BCUT2D eigenvalue weighted by atomic mass is 9.98. The number of benzene rings is 3. The van der Waals surface area contributed by atoms with Crippen molar-refractivity contribution in [1.29, 1.82) is 0 Å². The topological polar surface area (TPSA) is 27.1 Å². The molecule has 3 aromatic carbocycles. The number of methoxy groups -OCH3 is 1. The molecule has 5 rings (SSSR count). The van der Waals surface area contributed by atoms with Gasteiger partial charge in [0, 0.05) is 17.1 Å². The minimum atomic E-state index is 0.840. The summed E-state index contributed by atoms with van der Waals surface area (Å²) in [6, 6.07) is 33.3. The van der Waals surface area contributed by atoms with Crippen molar-refractivity contribution in [2.75, 3.05) is 7.11 Å². The maximum absolute atomic E-state index is 5.55. The number of fused-ring (bicyclic) bond motifs is 1. The quantitative estimate of drug-likeness (QED) is 0.364. The fourth-order valence-electron chi connectivity index (χ4n) is 3.89. The normalized spacial score (nSPS) is 10.9. The SMILES string of the molecule is COc1ccc2c(c1)c(-c1ccccc1)c(-c1ccccc1)n2-c1ccccn1. The molecule has 5 aromatic rings. The molecule has 0 aliphatic rings. The van der Waals surface area contributed by atoms with Crippen LogP contribution in [0.4, 0.5) is 0 Å². The maximum atomic E-state index is 5.55. The zero-order valence-corrected chi connectivity index (χ0v) is 16.1. The zero-order valence-electron chi connectivity index (χ0n) is 16.1. The monoisotopic (exact) mass is 376 g/mol. The van der Waals surface area contributed by atoms with Crippen LogP contribution in [0.15, 0.2) is 103 Å². The molecule has 3 nitrogen and oxygen atoms in total. The number of nitrogens with zero attached hydrogens (tertiary/aromatic N) is 2. The highest BCUT2D eigenvalue weighted by molar-refractivity contribution is 6.06. The molecule has 0 saturated heterocycles. The predicted octanol–water partition coefficient (Wildman–Crippen LogP) is 6.37. The summed E-state index contributed by atoms with van der Waals surface area (Å²) < 4.78 is 7.79. The number of rotatable bonds is 4. The summed E-state index contributed by atoms with van der Waals surface area (Å²) in [5.74, 6) is 1.73. The van der Waals surface area contributed by atoms with Crippen LogP contribution in [0.25, 0.3) is 39.1 Å². The van der Waals surface area contributed by atoms with Crippen LogP contribution in [-0.4, -0.2) is 16.7 Å². The van der Waals surface area contributed by atoms with Gasteiger partial charge in [0.05, 0.1) is 18.3 Å². The molecule has 0 radical (unpaired) electrons. The van der Waals surface area contributed by atoms with Crippen LogP contribution in [0, 0.1) is 0 Å². The lowest BCUT2D eigenvalue weighted by Gasteiger charge is -2.12. The van der Waals surface area contributed by atoms with E-state index in [-0.39, 0.29) is 0 Å². The van der Waals surface area contributed by atoms with Gasteiger partial charge in [0.1, 0.15) is 11.6 Å². The number of aromatic nitrogens is 2. The largest absolute Gasteiger partial charge is 0.497 e. The van der Waals surface area contributed by atoms with E-state index in [0.29, 0.717) is 0 Å². The first-order chi connectivity index (χ1) is 14.4. The maximum Gasteiger partial charge on any atom is 0.137 e. The second kappa shape index (κ2) is 7.28. The van der Waals surface area contributed by atoms with Crippen LogP contribution in [0.2, 0.25) is 0 Å². The molecule has 0 amide bonds. The zero-order chi connectivity index (χ0) is 19.6. The number of pyridine rings is 1. The third kappa shape index (κ3) is 2.97. The van der Waals surface area contributed by atoms with Gasteiger partial charge in [0.2, 0.25) is 0 Å². The average Bonchev–Trinajstić information content (AvgIpc) is 3.15. The Kier molecular flexibility index (Phi) is 4.34. The fourth-order valence-corrected chi connectivity index (χ4v) is 3.89. The van der Waals surface area contributed by atoms with E-state index < -0.39 is 0 Å². The van der Waals surface area contributed by atoms with E-state index >= 15 is 0 Å². The molecule has 0 fully saturated rings. The second-order valence-electron chi connectivity index (χ2n) is 6.86. The van der Waals surface area contributed by atoms with Gasteiger partial charge in [-0.15, -0.1) is 0 Å². The van der Waals surface area contributed by atoms with Crippen molar-refractivity contribution >= 4 is 10.9 Å². The van der Waals surface area contributed by atoms with E-state index in [9.17, 15) is 0 Å². The summed E-state index contributed by atoms with van der Waals surface area (Å²) in [4.78, 5) is 4.67. The lowest BCUT2D eigenvalue weighted by Crippen LogP contribution is -1.99. The Morgan fingerprint density at radius 2 is 1.41 bits per heavy atom.